The average molecular weight is 193 g/mol. The number of hydrogen-bond donors (Lipinski definition) is 1. The summed E-state index contributed by atoms with van der Waals surface area (Å²) < 4.78 is 0. The average Bonchev–Trinajstić information content (AvgIpc) is 2.14. The van der Waals surface area contributed by atoms with Crippen LogP contribution in [0, 0.1) is 17.2 Å². The lowest BCUT2D eigenvalue weighted by Gasteiger charge is -2.19. The number of oxime groups is 1. The summed E-state index contributed by atoms with van der Waals surface area (Å²) in [6, 6.07) is 2.05. The largest absolute Gasteiger partial charge is 0.399 e. The van der Waals surface area contributed by atoms with Crippen molar-refractivity contribution >= 4 is 12.1 Å². The van der Waals surface area contributed by atoms with Crippen molar-refractivity contribution in [3.63, 3.8) is 0 Å². The maximum Gasteiger partial charge on any atom is 0.225 e. The maximum atomic E-state index is 11.2. The van der Waals surface area contributed by atoms with Crippen molar-refractivity contribution in [2.75, 3.05) is 7.11 Å². The number of carbonyl (C=O) groups is 1. The highest BCUT2D eigenvalue weighted by Gasteiger charge is 2.24. The van der Waals surface area contributed by atoms with Gasteiger partial charge in [-0.25, -0.2) is 0 Å². The lowest BCUT2D eigenvalue weighted by molar-refractivity contribution is -0.121. The van der Waals surface area contributed by atoms with E-state index in [0.29, 0.717) is 11.3 Å². The van der Waals surface area contributed by atoms with Crippen LogP contribution in [0.3, 0.4) is 0 Å². The van der Waals surface area contributed by atoms with Crippen LogP contribution in [0.25, 0.3) is 0 Å². The van der Waals surface area contributed by atoms with Gasteiger partial charge in [-0.3, -0.25) is 4.79 Å². The molecule has 0 aromatic carbocycles. The molecular weight excluding hydrogens is 182 g/mol. The van der Waals surface area contributed by atoms with Gasteiger partial charge < -0.3 is 10.2 Å². The van der Waals surface area contributed by atoms with E-state index >= 15 is 0 Å². The molecule has 1 unspecified atom stereocenters. The highest BCUT2D eigenvalue weighted by molar-refractivity contribution is 5.85. The summed E-state index contributed by atoms with van der Waals surface area (Å²) in [7, 11) is 1.42. The minimum atomic E-state index is -0.270. The Morgan fingerprint density at radius 1 is 1.79 bits per heavy atom. The standard InChI is InChI=1S/C9H11N3O2/c1-6-8(4-10)7(5-11-14-2)3-9(13)12-6/h5,7H,3H2,1-2H3,(H,12,13)/b11-5+. The Kier molecular flexibility index (Phi) is 3.24. The number of nitrogens with one attached hydrogen (secondary N) is 1. The Hall–Kier alpha value is -1.83. The molecule has 1 atom stereocenters. The maximum absolute atomic E-state index is 11.2. The summed E-state index contributed by atoms with van der Waals surface area (Å²) in [5.41, 5.74) is 1.13. The molecule has 1 aliphatic rings. The van der Waals surface area contributed by atoms with Crippen molar-refractivity contribution in [3.8, 4) is 6.07 Å². The van der Waals surface area contributed by atoms with Crippen LogP contribution in [0.1, 0.15) is 13.3 Å². The molecule has 0 aromatic rings. The van der Waals surface area contributed by atoms with E-state index in [2.05, 4.69) is 21.4 Å². The fourth-order valence-corrected chi connectivity index (χ4v) is 1.34. The number of allylic oxidation sites excluding steroid dienone is 2. The quantitative estimate of drug-likeness (QED) is 0.514. The van der Waals surface area contributed by atoms with E-state index in [1.807, 2.05) is 0 Å². The second kappa shape index (κ2) is 4.42. The molecule has 74 valence electrons. The number of carbonyl (C=O) groups excluding carboxylic acids is 1. The van der Waals surface area contributed by atoms with Crippen LogP contribution in [-0.4, -0.2) is 19.2 Å². The van der Waals surface area contributed by atoms with Crippen molar-refractivity contribution in [1.29, 1.82) is 5.26 Å². The van der Waals surface area contributed by atoms with Crippen LogP contribution in [0.4, 0.5) is 0 Å². The molecule has 1 heterocycles. The molecule has 0 saturated heterocycles. The number of hydrogen-bond acceptors (Lipinski definition) is 4. The molecule has 1 amide bonds. The van der Waals surface area contributed by atoms with E-state index < -0.39 is 0 Å². The first-order chi connectivity index (χ1) is 6.69. The summed E-state index contributed by atoms with van der Waals surface area (Å²) in [6.45, 7) is 1.70. The molecule has 0 aromatic heterocycles. The van der Waals surface area contributed by atoms with Crippen molar-refractivity contribution < 1.29 is 9.63 Å². The molecule has 0 bridgehead atoms. The van der Waals surface area contributed by atoms with Crippen LogP contribution in [-0.2, 0) is 9.63 Å². The zero-order chi connectivity index (χ0) is 10.6. The molecule has 0 aliphatic carbocycles. The highest BCUT2D eigenvalue weighted by Crippen LogP contribution is 2.20. The van der Waals surface area contributed by atoms with E-state index in [4.69, 9.17) is 5.26 Å². The molecule has 0 spiro atoms. The molecule has 0 fully saturated rings. The summed E-state index contributed by atoms with van der Waals surface area (Å²) in [5.74, 6) is -0.372. The van der Waals surface area contributed by atoms with Gasteiger partial charge in [-0.2, -0.15) is 5.26 Å². The molecule has 1 N–H and O–H groups in total. The van der Waals surface area contributed by atoms with Crippen molar-refractivity contribution in [3.05, 3.63) is 11.3 Å². The Morgan fingerprint density at radius 2 is 2.50 bits per heavy atom. The van der Waals surface area contributed by atoms with Gasteiger partial charge in [-0.05, 0) is 6.92 Å². The molecule has 1 rings (SSSR count). The van der Waals surface area contributed by atoms with E-state index in [9.17, 15) is 4.79 Å². The number of amides is 1. The molecule has 0 saturated carbocycles. The minimum Gasteiger partial charge on any atom is -0.399 e. The molecule has 0 radical (unpaired) electrons. The van der Waals surface area contributed by atoms with E-state index in [1.165, 1.54) is 13.3 Å². The van der Waals surface area contributed by atoms with Gasteiger partial charge in [0.15, 0.2) is 0 Å². The van der Waals surface area contributed by atoms with Gasteiger partial charge in [-0.1, -0.05) is 5.16 Å². The normalized spacial score (nSPS) is 22.1. The number of rotatable bonds is 2. The predicted octanol–water partition coefficient (Wildman–Crippen LogP) is 0.552. The van der Waals surface area contributed by atoms with Crippen molar-refractivity contribution in [1.82, 2.24) is 5.32 Å². The Morgan fingerprint density at radius 3 is 3.07 bits per heavy atom. The third-order valence-electron chi connectivity index (χ3n) is 1.97. The van der Waals surface area contributed by atoms with Gasteiger partial charge in [0.2, 0.25) is 5.91 Å². The fourth-order valence-electron chi connectivity index (χ4n) is 1.34. The van der Waals surface area contributed by atoms with E-state index in [1.54, 1.807) is 6.92 Å². The zero-order valence-electron chi connectivity index (χ0n) is 8.07. The van der Waals surface area contributed by atoms with Crippen LogP contribution in [0.5, 0.6) is 0 Å². The van der Waals surface area contributed by atoms with Gasteiger partial charge in [0.25, 0.3) is 0 Å². The molecular formula is C9H11N3O2. The summed E-state index contributed by atoms with van der Waals surface area (Å²) in [6.07, 6.45) is 1.72. The van der Waals surface area contributed by atoms with Crippen LogP contribution in [0.15, 0.2) is 16.4 Å². The molecule has 5 heteroatoms. The Bertz CT molecular complexity index is 338. The second-order valence-electron chi connectivity index (χ2n) is 2.95. The van der Waals surface area contributed by atoms with Gasteiger partial charge in [0.1, 0.15) is 7.11 Å². The van der Waals surface area contributed by atoms with Gasteiger partial charge >= 0.3 is 0 Å². The first kappa shape index (κ1) is 10.3. The first-order valence-electron chi connectivity index (χ1n) is 4.16. The minimum absolute atomic E-state index is 0.103. The third-order valence-corrected chi connectivity index (χ3v) is 1.97. The van der Waals surface area contributed by atoms with Gasteiger partial charge in [0.05, 0.1) is 17.9 Å². The van der Waals surface area contributed by atoms with Gasteiger partial charge in [-0.15, -0.1) is 0 Å². The Balaban J connectivity index is 2.93. The second-order valence-corrected chi connectivity index (χ2v) is 2.95. The topological polar surface area (TPSA) is 74.5 Å². The SMILES string of the molecule is CO/N=C/C1CC(=O)NC(C)=C1C#N. The van der Waals surface area contributed by atoms with Crippen LogP contribution >= 0.6 is 0 Å². The van der Waals surface area contributed by atoms with E-state index in [-0.39, 0.29) is 18.2 Å². The zero-order valence-corrected chi connectivity index (χ0v) is 8.07. The monoisotopic (exact) mass is 193 g/mol. The Labute approximate surface area is 82.0 Å². The van der Waals surface area contributed by atoms with Crippen molar-refractivity contribution in [2.24, 2.45) is 11.1 Å². The van der Waals surface area contributed by atoms with Crippen molar-refractivity contribution in [2.45, 2.75) is 13.3 Å². The predicted molar refractivity (Wildman–Crippen MR) is 50.1 cm³/mol. The summed E-state index contributed by atoms with van der Waals surface area (Å²) in [4.78, 5) is 15.7. The van der Waals surface area contributed by atoms with E-state index in [0.717, 1.165) is 0 Å². The fraction of sp³-hybridized carbons (Fsp3) is 0.444. The van der Waals surface area contributed by atoms with Gasteiger partial charge in [0, 0.05) is 18.0 Å². The van der Waals surface area contributed by atoms with Crippen LogP contribution < -0.4 is 5.32 Å². The van der Waals surface area contributed by atoms with Crippen LogP contribution in [0.2, 0.25) is 0 Å². The summed E-state index contributed by atoms with van der Waals surface area (Å²) >= 11 is 0. The molecule has 1 aliphatic heterocycles. The summed E-state index contributed by atoms with van der Waals surface area (Å²) in [5, 5.41) is 15.0. The molecule has 14 heavy (non-hydrogen) atoms. The smallest absolute Gasteiger partial charge is 0.225 e. The number of nitriles is 1. The lowest BCUT2D eigenvalue weighted by atomic mass is 9.93. The highest BCUT2D eigenvalue weighted by atomic mass is 16.6. The lowest BCUT2D eigenvalue weighted by Crippen LogP contribution is -2.32. The number of nitrogens with zero attached hydrogens (tertiary/aromatic N) is 2. The first-order valence-corrected chi connectivity index (χ1v) is 4.16. The third kappa shape index (κ3) is 2.10. The molecule has 5 nitrogen and oxygen atoms in total.